The van der Waals surface area contributed by atoms with Crippen LogP contribution in [0.1, 0.15) is 42.1 Å². The molecule has 0 unspecified atom stereocenters. The summed E-state index contributed by atoms with van der Waals surface area (Å²) in [4.78, 5) is 10.3. The van der Waals surface area contributed by atoms with Crippen molar-refractivity contribution >= 4 is 17.6 Å². The zero-order valence-electron chi connectivity index (χ0n) is 13.7. The van der Waals surface area contributed by atoms with Gasteiger partial charge in [-0.15, -0.1) is 11.6 Å². The van der Waals surface area contributed by atoms with E-state index in [1.807, 2.05) is 18.2 Å². The van der Waals surface area contributed by atoms with Crippen molar-refractivity contribution < 1.29 is 15.0 Å². The number of aromatic carboxylic acids is 1. The van der Waals surface area contributed by atoms with Crippen molar-refractivity contribution in [1.29, 1.82) is 0 Å². The molecule has 0 saturated carbocycles. The van der Waals surface area contributed by atoms with Crippen LogP contribution < -0.4 is 0 Å². The molecule has 0 saturated heterocycles. The summed E-state index contributed by atoms with van der Waals surface area (Å²) in [6, 6.07) is 16.1. The minimum absolute atomic E-state index is 0.0671. The molecule has 0 radical (unpaired) electrons. The number of carboxylic acids is 1. The minimum Gasteiger partial charge on any atom is -0.507 e. The van der Waals surface area contributed by atoms with Gasteiger partial charge in [-0.05, 0) is 25.5 Å². The van der Waals surface area contributed by atoms with Crippen molar-refractivity contribution in [2.24, 2.45) is 0 Å². The molecule has 3 nitrogen and oxygen atoms in total. The predicted octanol–water partition coefficient (Wildman–Crippen LogP) is 5.50. The summed E-state index contributed by atoms with van der Waals surface area (Å²) in [6.45, 7) is 4.26. The Labute approximate surface area is 143 Å². The Morgan fingerprint density at radius 3 is 1.87 bits per heavy atom. The Kier molecular flexibility index (Phi) is 12.5. The Morgan fingerprint density at radius 2 is 1.57 bits per heavy atom. The number of unbranched alkanes of at least 4 members (excludes halogenated alkanes) is 2. The highest BCUT2D eigenvalue weighted by Gasteiger charge is 2.05. The lowest BCUT2D eigenvalue weighted by molar-refractivity contribution is 0.0693. The molecule has 2 N–H and O–H groups in total. The molecule has 0 aliphatic heterocycles. The zero-order valence-corrected chi connectivity index (χ0v) is 14.5. The quantitative estimate of drug-likeness (QED) is 0.572. The van der Waals surface area contributed by atoms with Gasteiger partial charge in [0.2, 0.25) is 0 Å². The van der Waals surface area contributed by atoms with Gasteiger partial charge in [0, 0.05) is 5.88 Å². The highest BCUT2D eigenvalue weighted by molar-refractivity contribution is 6.17. The molecular formula is C19H25ClO3. The molecule has 0 fully saturated rings. The van der Waals surface area contributed by atoms with Crippen LogP contribution in [0.4, 0.5) is 0 Å². The molecule has 2 rings (SSSR count). The summed E-state index contributed by atoms with van der Waals surface area (Å²) in [5.41, 5.74) is 1.25. The van der Waals surface area contributed by atoms with Gasteiger partial charge in [-0.25, -0.2) is 4.79 Å². The van der Waals surface area contributed by atoms with Gasteiger partial charge in [-0.1, -0.05) is 67.8 Å². The van der Waals surface area contributed by atoms with E-state index < -0.39 is 5.97 Å². The van der Waals surface area contributed by atoms with E-state index in [1.54, 1.807) is 12.1 Å². The first-order valence-corrected chi connectivity index (χ1v) is 8.15. The highest BCUT2D eigenvalue weighted by Crippen LogP contribution is 2.14. The summed E-state index contributed by atoms with van der Waals surface area (Å²) < 4.78 is 0. The van der Waals surface area contributed by atoms with Gasteiger partial charge in [0.05, 0.1) is 0 Å². The molecular weight excluding hydrogens is 312 g/mol. The third kappa shape index (κ3) is 11.2. The molecule has 2 aromatic carbocycles. The van der Waals surface area contributed by atoms with E-state index in [-0.39, 0.29) is 11.3 Å². The fourth-order valence-electron chi connectivity index (χ4n) is 1.53. The lowest BCUT2D eigenvalue weighted by atomic mass is 10.2. The first-order chi connectivity index (χ1) is 11.0. The number of alkyl halides is 1. The normalized spacial score (nSPS) is 9.00. The fraction of sp³-hybridized carbons (Fsp3) is 0.316. The van der Waals surface area contributed by atoms with E-state index in [4.69, 9.17) is 21.8 Å². The Balaban J connectivity index is 0.000000330. The van der Waals surface area contributed by atoms with Crippen LogP contribution in [0.3, 0.4) is 0 Å². The monoisotopic (exact) mass is 336 g/mol. The average molecular weight is 337 g/mol. The van der Waals surface area contributed by atoms with Crippen molar-refractivity contribution in [2.45, 2.75) is 33.1 Å². The number of carboxylic acid groups (broad SMARTS) is 1. The third-order valence-corrected chi connectivity index (χ3v) is 3.08. The van der Waals surface area contributed by atoms with E-state index in [2.05, 4.69) is 26.0 Å². The summed E-state index contributed by atoms with van der Waals surface area (Å²) in [5, 5.41) is 17.3. The number of hydrogen-bond donors (Lipinski definition) is 2. The van der Waals surface area contributed by atoms with Gasteiger partial charge in [0.1, 0.15) is 11.3 Å². The number of halogens is 1. The van der Waals surface area contributed by atoms with Crippen LogP contribution in [0.25, 0.3) is 0 Å². The minimum atomic E-state index is -1.11. The predicted molar refractivity (Wildman–Crippen MR) is 96.5 cm³/mol. The number of benzene rings is 2. The number of phenols is 1. The van der Waals surface area contributed by atoms with E-state index in [0.29, 0.717) is 0 Å². The van der Waals surface area contributed by atoms with Gasteiger partial charge in [0.15, 0.2) is 0 Å². The number of aryl methyl sites for hydroxylation is 1. The van der Waals surface area contributed by atoms with E-state index >= 15 is 0 Å². The number of aromatic hydroxyl groups is 1. The smallest absolute Gasteiger partial charge is 0.339 e. The van der Waals surface area contributed by atoms with Gasteiger partial charge in [-0.2, -0.15) is 0 Å². The van der Waals surface area contributed by atoms with Crippen LogP contribution in [-0.2, 0) is 0 Å². The zero-order chi connectivity index (χ0) is 17.5. The molecule has 0 bridgehead atoms. The second kappa shape index (κ2) is 13.6. The molecule has 0 aliphatic carbocycles. The average Bonchev–Trinajstić information content (AvgIpc) is 2.55. The van der Waals surface area contributed by atoms with Gasteiger partial charge < -0.3 is 10.2 Å². The molecule has 0 aliphatic rings. The summed E-state index contributed by atoms with van der Waals surface area (Å²) in [5.74, 6) is -0.485. The standard InChI is InChI=1S/C7H6O3.C7H8.C5H11Cl/c8-6-4-2-1-3-5(6)7(9)10;1-7-5-3-2-4-6-7;1-2-3-4-5-6/h1-4,8H,(H,9,10);2-6H,1H3;2-5H2,1H3. The molecule has 0 heterocycles. The second-order valence-corrected chi connectivity index (χ2v) is 5.25. The Bertz CT molecular complexity index is 537. The van der Waals surface area contributed by atoms with E-state index in [0.717, 1.165) is 5.88 Å². The van der Waals surface area contributed by atoms with Crippen LogP contribution in [0, 0.1) is 6.92 Å². The van der Waals surface area contributed by atoms with Crippen molar-refractivity contribution in [2.75, 3.05) is 5.88 Å². The number of carbonyl (C=O) groups is 1. The second-order valence-electron chi connectivity index (χ2n) is 4.87. The molecule has 2 aromatic rings. The molecule has 0 atom stereocenters. The first kappa shape index (κ1) is 21.0. The number of rotatable bonds is 4. The van der Waals surface area contributed by atoms with E-state index in [1.165, 1.54) is 37.0 Å². The molecule has 4 heteroatoms. The highest BCUT2D eigenvalue weighted by atomic mass is 35.5. The topological polar surface area (TPSA) is 57.5 Å². The lowest BCUT2D eigenvalue weighted by Crippen LogP contribution is -1.95. The summed E-state index contributed by atoms with van der Waals surface area (Å²) >= 11 is 5.38. The largest absolute Gasteiger partial charge is 0.507 e. The Hall–Kier alpha value is -2.00. The summed E-state index contributed by atoms with van der Waals surface area (Å²) in [7, 11) is 0. The van der Waals surface area contributed by atoms with Crippen molar-refractivity contribution in [3.8, 4) is 5.75 Å². The summed E-state index contributed by atoms with van der Waals surface area (Å²) in [6.07, 6.45) is 3.73. The molecule has 23 heavy (non-hydrogen) atoms. The number of para-hydroxylation sites is 1. The van der Waals surface area contributed by atoms with Gasteiger partial charge in [-0.3, -0.25) is 0 Å². The van der Waals surface area contributed by atoms with Gasteiger partial charge in [0.25, 0.3) is 0 Å². The van der Waals surface area contributed by atoms with Crippen LogP contribution in [-0.4, -0.2) is 22.1 Å². The van der Waals surface area contributed by atoms with Crippen molar-refractivity contribution in [1.82, 2.24) is 0 Å². The van der Waals surface area contributed by atoms with Crippen LogP contribution >= 0.6 is 11.6 Å². The number of hydrogen-bond acceptors (Lipinski definition) is 2. The molecule has 126 valence electrons. The van der Waals surface area contributed by atoms with Crippen LogP contribution in [0.5, 0.6) is 5.75 Å². The lowest BCUT2D eigenvalue weighted by Gasteiger charge is -1.95. The maximum atomic E-state index is 10.3. The first-order valence-electron chi connectivity index (χ1n) is 7.61. The van der Waals surface area contributed by atoms with Crippen molar-refractivity contribution in [3.63, 3.8) is 0 Å². The SMILES string of the molecule is CCCCCCl.Cc1ccccc1.O=C(O)c1ccccc1O. The van der Waals surface area contributed by atoms with Crippen LogP contribution in [0.2, 0.25) is 0 Å². The maximum absolute atomic E-state index is 10.3. The van der Waals surface area contributed by atoms with Crippen LogP contribution in [0.15, 0.2) is 54.6 Å². The third-order valence-electron chi connectivity index (χ3n) is 2.81. The molecule has 0 aromatic heterocycles. The fourth-order valence-corrected chi connectivity index (χ4v) is 1.72. The maximum Gasteiger partial charge on any atom is 0.339 e. The van der Waals surface area contributed by atoms with Crippen molar-refractivity contribution in [3.05, 3.63) is 65.7 Å². The van der Waals surface area contributed by atoms with Gasteiger partial charge >= 0.3 is 5.97 Å². The molecule has 0 spiro atoms. The Morgan fingerprint density at radius 1 is 1.00 bits per heavy atom. The molecule has 0 amide bonds. The van der Waals surface area contributed by atoms with E-state index in [9.17, 15) is 4.79 Å².